The molecule has 0 aliphatic carbocycles. The number of aryl methyl sites for hydroxylation is 1. The highest BCUT2D eigenvalue weighted by Crippen LogP contribution is 2.16. The van der Waals surface area contributed by atoms with E-state index in [0.717, 1.165) is 15.2 Å². The van der Waals surface area contributed by atoms with E-state index in [2.05, 4.69) is 31.1 Å². The van der Waals surface area contributed by atoms with Gasteiger partial charge < -0.3 is 9.36 Å². The first-order chi connectivity index (χ1) is 11.1. The predicted molar refractivity (Wildman–Crippen MR) is 88.4 cm³/mol. The molecule has 9 heteroatoms. The molecule has 0 aliphatic rings. The Kier molecular flexibility index (Phi) is 4.68. The van der Waals surface area contributed by atoms with Gasteiger partial charge >= 0.3 is 5.76 Å². The zero-order chi connectivity index (χ0) is 16.2. The standard InChI is InChI=1S/C14H11BrN4O3S/c1-19-13(17-14(20)22-19)12(9-5-3-2-4-6-9)18-21-7-11-16-10(15)8-23-11/h2-6,8H,7H2,1H3/b18-12-. The third-order valence-corrected chi connectivity index (χ3v) is 4.37. The van der Waals surface area contributed by atoms with Crippen molar-refractivity contribution >= 4 is 33.0 Å². The lowest BCUT2D eigenvalue weighted by molar-refractivity contribution is 0.130. The Labute approximate surface area is 143 Å². The lowest BCUT2D eigenvalue weighted by Crippen LogP contribution is -2.11. The molecule has 2 heterocycles. The first-order valence-electron chi connectivity index (χ1n) is 6.53. The van der Waals surface area contributed by atoms with Crippen LogP contribution in [0.4, 0.5) is 0 Å². The van der Waals surface area contributed by atoms with E-state index in [1.54, 1.807) is 7.05 Å². The van der Waals surface area contributed by atoms with Gasteiger partial charge in [-0.1, -0.05) is 35.5 Å². The Morgan fingerprint density at radius 3 is 2.78 bits per heavy atom. The minimum Gasteiger partial charge on any atom is -0.388 e. The Bertz CT molecular complexity index is 885. The molecule has 0 amide bonds. The van der Waals surface area contributed by atoms with E-state index in [1.807, 2.05) is 35.7 Å². The summed E-state index contributed by atoms with van der Waals surface area (Å²) < 4.78 is 6.90. The molecule has 0 radical (unpaired) electrons. The molecule has 0 saturated carbocycles. The number of thiazole rings is 1. The normalized spacial score (nSPS) is 11.7. The predicted octanol–water partition coefficient (Wildman–Crippen LogP) is 2.56. The molecule has 3 rings (SSSR count). The molecule has 0 aliphatic heterocycles. The van der Waals surface area contributed by atoms with Gasteiger partial charge in [0.2, 0.25) is 0 Å². The van der Waals surface area contributed by atoms with Crippen LogP contribution in [0.15, 0.2) is 54.8 Å². The van der Waals surface area contributed by atoms with Crippen molar-refractivity contribution in [1.29, 1.82) is 0 Å². The molecule has 0 bridgehead atoms. The lowest BCUT2D eigenvalue weighted by Gasteiger charge is -2.05. The van der Waals surface area contributed by atoms with Crippen LogP contribution in [0.25, 0.3) is 0 Å². The summed E-state index contributed by atoms with van der Waals surface area (Å²) in [5.74, 6) is -0.392. The Morgan fingerprint density at radius 1 is 1.39 bits per heavy atom. The van der Waals surface area contributed by atoms with Crippen LogP contribution in [0, 0.1) is 0 Å². The second-order valence-electron chi connectivity index (χ2n) is 4.43. The lowest BCUT2D eigenvalue weighted by atomic mass is 10.1. The second-order valence-corrected chi connectivity index (χ2v) is 6.19. The van der Waals surface area contributed by atoms with Crippen LogP contribution < -0.4 is 5.76 Å². The van der Waals surface area contributed by atoms with Crippen LogP contribution in [0.1, 0.15) is 16.4 Å². The van der Waals surface area contributed by atoms with E-state index in [1.165, 1.54) is 16.1 Å². The number of hydrogen-bond donors (Lipinski definition) is 0. The highest BCUT2D eigenvalue weighted by atomic mass is 79.9. The van der Waals surface area contributed by atoms with Gasteiger partial charge in [0, 0.05) is 18.0 Å². The van der Waals surface area contributed by atoms with Crippen LogP contribution in [-0.4, -0.2) is 20.4 Å². The van der Waals surface area contributed by atoms with E-state index in [0.29, 0.717) is 11.5 Å². The SMILES string of the molecule is Cn1oc(=O)nc1/C(=N\OCc1nc(Br)cs1)c1ccccc1. The molecule has 1 aromatic carbocycles. The van der Waals surface area contributed by atoms with Crippen molar-refractivity contribution in [3.05, 3.63) is 67.3 Å². The van der Waals surface area contributed by atoms with Crippen molar-refractivity contribution < 1.29 is 9.36 Å². The first-order valence-corrected chi connectivity index (χ1v) is 8.21. The van der Waals surface area contributed by atoms with Crippen LogP contribution in [0.5, 0.6) is 0 Å². The molecular formula is C14H11BrN4O3S. The van der Waals surface area contributed by atoms with Gasteiger partial charge in [0.15, 0.2) is 18.1 Å². The van der Waals surface area contributed by atoms with Crippen LogP contribution in [0.2, 0.25) is 0 Å². The molecule has 0 atom stereocenters. The van der Waals surface area contributed by atoms with E-state index in [-0.39, 0.29) is 6.61 Å². The summed E-state index contributed by atoms with van der Waals surface area (Å²) in [6.07, 6.45) is 0. The summed E-state index contributed by atoms with van der Waals surface area (Å²) >= 11 is 4.74. The maximum Gasteiger partial charge on any atom is 0.460 e. The van der Waals surface area contributed by atoms with E-state index < -0.39 is 5.76 Å². The van der Waals surface area contributed by atoms with Crippen molar-refractivity contribution in [3.8, 4) is 0 Å². The van der Waals surface area contributed by atoms with Crippen molar-refractivity contribution in [1.82, 2.24) is 14.7 Å². The van der Waals surface area contributed by atoms with Crippen molar-refractivity contribution in [2.45, 2.75) is 6.61 Å². The minimum atomic E-state index is -0.685. The fourth-order valence-corrected chi connectivity index (χ4v) is 3.03. The third-order valence-electron chi connectivity index (χ3n) is 2.84. The van der Waals surface area contributed by atoms with Gasteiger partial charge in [-0.25, -0.2) is 9.78 Å². The number of aromatic nitrogens is 3. The van der Waals surface area contributed by atoms with Gasteiger partial charge in [0.25, 0.3) is 0 Å². The number of hydrogen-bond acceptors (Lipinski definition) is 7. The number of oxime groups is 1. The molecule has 2 aromatic heterocycles. The molecule has 0 N–H and O–H groups in total. The fourth-order valence-electron chi connectivity index (χ4n) is 1.87. The molecule has 0 unspecified atom stereocenters. The number of benzene rings is 1. The Morgan fingerprint density at radius 2 is 2.17 bits per heavy atom. The van der Waals surface area contributed by atoms with Crippen molar-refractivity contribution in [2.24, 2.45) is 12.2 Å². The van der Waals surface area contributed by atoms with Crippen LogP contribution in [0.3, 0.4) is 0 Å². The Balaban J connectivity index is 1.90. The number of halogens is 1. The molecule has 0 fully saturated rings. The summed E-state index contributed by atoms with van der Waals surface area (Å²) in [4.78, 5) is 24.8. The first kappa shape index (κ1) is 15.6. The summed E-state index contributed by atoms with van der Waals surface area (Å²) in [6.45, 7) is 0.221. The largest absolute Gasteiger partial charge is 0.460 e. The fraction of sp³-hybridized carbons (Fsp3) is 0.143. The molecule has 23 heavy (non-hydrogen) atoms. The van der Waals surface area contributed by atoms with Gasteiger partial charge in [0.05, 0.1) is 0 Å². The zero-order valence-electron chi connectivity index (χ0n) is 12.0. The van der Waals surface area contributed by atoms with E-state index >= 15 is 0 Å². The summed E-state index contributed by atoms with van der Waals surface area (Å²) in [7, 11) is 1.58. The average molecular weight is 395 g/mol. The van der Waals surface area contributed by atoms with Gasteiger partial charge in [-0.15, -0.1) is 11.3 Å². The molecule has 3 aromatic rings. The molecule has 0 spiro atoms. The van der Waals surface area contributed by atoms with Gasteiger partial charge in [0.1, 0.15) is 9.61 Å². The minimum absolute atomic E-state index is 0.221. The maximum atomic E-state index is 11.3. The summed E-state index contributed by atoms with van der Waals surface area (Å²) in [5.41, 5.74) is 1.17. The summed E-state index contributed by atoms with van der Waals surface area (Å²) in [5, 5.41) is 6.77. The highest BCUT2D eigenvalue weighted by Gasteiger charge is 2.16. The monoisotopic (exact) mass is 394 g/mol. The highest BCUT2D eigenvalue weighted by molar-refractivity contribution is 9.10. The van der Waals surface area contributed by atoms with Gasteiger partial charge in [-0.05, 0) is 15.9 Å². The van der Waals surface area contributed by atoms with Crippen molar-refractivity contribution in [3.63, 3.8) is 0 Å². The van der Waals surface area contributed by atoms with E-state index in [9.17, 15) is 4.79 Å². The van der Waals surface area contributed by atoms with Crippen molar-refractivity contribution in [2.75, 3.05) is 0 Å². The average Bonchev–Trinajstić information content (AvgIpc) is 3.10. The molecular weight excluding hydrogens is 384 g/mol. The van der Waals surface area contributed by atoms with Crippen LogP contribution >= 0.6 is 27.3 Å². The van der Waals surface area contributed by atoms with Gasteiger partial charge in [-0.3, -0.25) is 0 Å². The third kappa shape index (κ3) is 3.74. The molecule has 0 saturated heterocycles. The molecule has 118 valence electrons. The topological polar surface area (TPSA) is 82.5 Å². The number of nitrogens with zero attached hydrogens (tertiary/aromatic N) is 4. The number of rotatable bonds is 5. The maximum absolute atomic E-state index is 11.3. The smallest absolute Gasteiger partial charge is 0.388 e. The molecule has 7 nitrogen and oxygen atoms in total. The zero-order valence-corrected chi connectivity index (χ0v) is 14.4. The van der Waals surface area contributed by atoms with Gasteiger partial charge in [-0.2, -0.15) is 9.72 Å². The second kappa shape index (κ2) is 6.88. The Hall–Kier alpha value is -2.26. The van der Waals surface area contributed by atoms with E-state index in [4.69, 9.17) is 9.36 Å². The quantitative estimate of drug-likeness (QED) is 0.490. The summed E-state index contributed by atoms with van der Waals surface area (Å²) in [6, 6.07) is 9.31. The van der Waals surface area contributed by atoms with Crippen LogP contribution in [-0.2, 0) is 18.5 Å².